The number of fused-ring (bicyclic) bond motifs is 15. The Kier molecular flexibility index (Phi) is 10.7. The Morgan fingerprint density at radius 2 is 0.675 bits per heavy atom. The van der Waals surface area contributed by atoms with Crippen LogP contribution in [0.2, 0.25) is 0 Å². The van der Waals surface area contributed by atoms with Crippen molar-refractivity contribution in [2.24, 2.45) is 0 Å². The van der Waals surface area contributed by atoms with Crippen molar-refractivity contribution in [3.63, 3.8) is 0 Å². The second-order valence-electron chi connectivity index (χ2n) is 21.5. The molecule has 17 aromatic rings. The molecule has 0 saturated carbocycles. The van der Waals surface area contributed by atoms with Crippen molar-refractivity contribution < 1.29 is 0 Å². The Bertz CT molecular complexity index is 5490. The topological polar surface area (TPSA) is 64.5 Å². The summed E-state index contributed by atoms with van der Waals surface area (Å²) in [5, 5.41) is 18.0. The van der Waals surface area contributed by atoms with Crippen LogP contribution in [0.1, 0.15) is 0 Å². The molecule has 83 heavy (non-hydrogen) atoms. The summed E-state index contributed by atoms with van der Waals surface area (Å²) >= 11 is 1.72. The van der Waals surface area contributed by atoms with E-state index in [2.05, 4.69) is 242 Å². The maximum absolute atomic E-state index is 5.26. The first-order valence-corrected chi connectivity index (χ1v) is 28.8. The fourth-order valence-corrected chi connectivity index (χ4v) is 13.9. The van der Waals surface area contributed by atoms with E-state index in [1.54, 1.807) is 11.3 Å². The summed E-state index contributed by atoms with van der Waals surface area (Å²) in [6.45, 7) is 0. The lowest BCUT2D eigenvalue weighted by Crippen LogP contribution is -1.91. The number of rotatable bonds is 7. The smallest absolute Gasteiger partial charge is 0.124 e. The minimum atomic E-state index is 0.901. The molecule has 5 heterocycles. The van der Waals surface area contributed by atoms with Crippen LogP contribution < -0.4 is 0 Å². The van der Waals surface area contributed by atoms with Gasteiger partial charge in [-0.2, -0.15) is 0 Å². The summed E-state index contributed by atoms with van der Waals surface area (Å²) < 4.78 is 1.13. The summed E-state index contributed by atoms with van der Waals surface area (Å²) in [5.74, 6) is 0. The number of pyridine rings is 4. The Labute approximate surface area is 481 Å². The highest BCUT2D eigenvalue weighted by molar-refractivity contribution is 7.21. The van der Waals surface area contributed by atoms with Gasteiger partial charge in [0.2, 0.25) is 0 Å². The monoisotopic (exact) mass is 1070 g/mol. The van der Waals surface area contributed by atoms with Gasteiger partial charge in [0.1, 0.15) is 5.01 Å². The lowest BCUT2D eigenvalue weighted by Gasteiger charge is -2.14. The van der Waals surface area contributed by atoms with Crippen LogP contribution in [0, 0.1) is 0 Å². The summed E-state index contributed by atoms with van der Waals surface area (Å²) in [6, 6.07) is 90.1. The number of benzene rings is 12. The Morgan fingerprint density at radius 1 is 0.217 bits per heavy atom. The molecular formula is C77H45N5S. The highest BCUT2D eigenvalue weighted by Crippen LogP contribution is 2.43. The largest absolute Gasteiger partial charge is 0.256 e. The Morgan fingerprint density at radius 3 is 1.28 bits per heavy atom. The molecular weight excluding hydrogens is 1030 g/mol. The van der Waals surface area contributed by atoms with E-state index in [9.17, 15) is 0 Å². The molecule has 0 fully saturated rings. The zero-order chi connectivity index (χ0) is 54.5. The maximum Gasteiger partial charge on any atom is 0.124 e. The molecule has 0 atom stereocenters. The van der Waals surface area contributed by atoms with E-state index in [0.29, 0.717) is 0 Å². The van der Waals surface area contributed by atoms with Crippen molar-refractivity contribution in [1.29, 1.82) is 0 Å². The van der Waals surface area contributed by atoms with Crippen molar-refractivity contribution in [2.75, 3.05) is 0 Å². The third-order valence-electron chi connectivity index (χ3n) is 16.8. The first-order chi connectivity index (χ1) is 41.1. The summed E-state index contributed by atoms with van der Waals surface area (Å²) in [6.07, 6.45) is 7.56. The van der Waals surface area contributed by atoms with Gasteiger partial charge in [0.05, 0.1) is 32.6 Å². The molecule has 0 aliphatic heterocycles. The van der Waals surface area contributed by atoms with E-state index < -0.39 is 0 Å². The minimum Gasteiger partial charge on any atom is -0.256 e. The first-order valence-electron chi connectivity index (χ1n) is 28.0. The maximum atomic E-state index is 5.26. The van der Waals surface area contributed by atoms with Crippen molar-refractivity contribution in [2.45, 2.75) is 0 Å². The van der Waals surface area contributed by atoms with Gasteiger partial charge in [0.15, 0.2) is 0 Å². The predicted molar refractivity (Wildman–Crippen MR) is 349 cm³/mol. The van der Waals surface area contributed by atoms with Crippen LogP contribution in [0.15, 0.2) is 274 Å². The predicted octanol–water partition coefficient (Wildman–Crippen LogP) is 20.8. The molecule has 0 saturated heterocycles. The molecule has 0 spiro atoms. The highest BCUT2D eigenvalue weighted by atomic mass is 32.1. The molecule has 6 heteroatoms. The second-order valence-corrected chi connectivity index (χ2v) is 22.6. The van der Waals surface area contributed by atoms with Crippen LogP contribution in [-0.2, 0) is 0 Å². The van der Waals surface area contributed by atoms with Gasteiger partial charge in [-0.3, -0.25) is 19.9 Å². The zero-order valence-corrected chi connectivity index (χ0v) is 45.4. The van der Waals surface area contributed by atoms with Gasteiger partial charge in [-0.15, -0.1) is 11.3 Å². The van der Waals surface area contributed by atoms with E-state index in [0.717, 1.165) is 92.9 Å². The molecule has 0 amide bonds. The first kappa shape index (κ1) is 47.1. The summed E-state index contributed by atoms with van der Waals surface area (Å²) in [5.41, 5.74) is 17.0. The van der Waals surface area contributed by atoms with E-state index in [-0.39, 0.29) is 0 Å². The fourth-order valence-electron chi connectivity index (χ4n) is 12.9. The third-order valence-corrected chi connectivity index (χ3v) is 17.9. The van der Waals surface area contributed by atoms with Gasteiger partial charge in [-0.1, -0.05) is 158 Å². The summed E-state index contributed by atoms with van der Waals surface area (Å²) in [7, 11) is 0. The molecule has 0 radical (unpaired) electrons. The number of hydrogen-bond acceptors (Lipinski definition) is 6. The van der Waals surface area contributed by atoms with Crippen LogP contribution >= 0.6 is 11.3 Å². The Hall–Kier alpha value is -10.8. The molecule has 0 aliphatic rings. The van der Waals surface area contributed by atoms with Crippen molar-refractivity contribution >= 4 is 108 Å². The van der Waals surface area contributed by atoms with Gasteiger partial charge in [-0.05, 0) is 200 Å². The zero-order valence-electron chi connectivity index (χ0n) is 44.6. The second kappa shape index (κ2) is 18.9. The molecule has 384 valence electrons. The van der Waals surface area contributed by atoms with Crippen molar-refractivity contribution in [3.05, 3.63) is 274 Å². The number of aromatic nitrogens is 5. The molecule has 12 aromatic carbocycles. The average molecular weight is 1070 g/mol. The van der Waals surface area contributed by atoms with Gasteiger partial charge in [-0.25, -0.2) is 4.98 Å². The van der Waals surface area contributed by atoms with Crippen LogP contribution in [0.5, 0.6) is 0 Å². The summed E-state index contributed by atoms with van der Waals surface area (Å²) in [4.78, 5) is 24.7. The number of thiazole rings is 1. The van der Waals surface area contributed by atoms with Gasteiger partial charge in [0.25, 0.3) is 0 Å². The van der Waals surface area contributed by atoms with Gasteiger partial charge in [0, 0.05) is 52.3 Å². The molecule has 0 unspecified atom stereocenters. The quantitative estimate of drug-likeness (QED) is 0.149. The molecule has 0 aliphatic carbocycles. The van der Waals surface area contributed by atoms with Gasteiger partial charge >= 0.3 is 0 Å². The van der Waals surface area contributed by atoms with Crippen molar-refractivity contribution in [3.8, 4) is 77.6 Å². The molecule has 5 nitrogen and oxygen atoms in total. The van der Waals surface area contributed by atoms with E-state index >= 15 is 0 Å². The van der Waals surface area contributed by atoms with E-state index in [1.165, 1.54) is 81.3 Å². The number of nitrogens with zero attached hydrogens (tertiary/aromatic N) is 5. The SMILES string of the molecule is c1cc(-c2ccc3nc(-c4cc(-c5ccnc(-c6ccc7c8ccc(-c9cc(-c%10cccc%11ncccc%10%11)ccn9)cc8c8ccccc8c7c6)c5)c5cccnc5c4)sc3c2)cc(-c2ccc3c4ccccc4c4ccccc4c3c2)c1. The number of hydrogen-bond donors (Lipinski definition) is 0. The van der Waals surface area contributed by atoms with Crippen LogP contribution in [0.4, 0.5) is 0 Å². The molecule has 5 aromatic heterocycles. The molecule has 0 N–H and O–H groups in total. The van der Waals surface area contributed by atoms with Crippen LogP contribution in [-0.4, -0.2) is 24.9 Å². The fraction of sp³-hybridized carbons (Fsp3) is 0. The minimum absolute atomic E-state index is 0.901. The van der Waals surface area contributed by atoms with E-state index in [1.807, 2.05) is 36.9 Å². The van der Waals surface area contributed by atoms with Crippen molar-refractivity contribution in [1.82, 2.24) is 24.9 Å². The third kappa shape index (κ3) is 7.87. The lowest BCUT2D eigenvalue weighted by atomic mass is 9.91. The standard InChI is InChI=1S/C77H45N5S/c1-2-15-58-56(13-1)57-14-3-4-16-59(57)68-38-48(23-27-62(58)68)46-11-7-12-47(37-46)49-26-30-72-76(45-49)83-77(82-72)54-41-67(66-21-10-34-79-75(66)44-54)51-32-36-81-74(43-51)53-25-29-64-63-28-24-52(39-69(63)60-17-5-6-18-61(60)70(64)40-53)73-42-50(31-35-80-73)55-19-8-22-71-65(55)20-9-33-78-71/h1-45H. The van der Waals surface area contributed by atoms with Crippen LogP contribution in [0.3, 0.4) is 0 Å². The van der Waals surface area contributed by atoms with Gasteiger partial charge < -0.3 is 0 Å². The molecule has 0 bridgehead atoms. The average Bonchev–Trinajstić information content (AvgIpc) is 4.10. The Balaban J connectivity index is 0.703. The normalized spacial score (nSPS) is 11.9. The highest BCUT2D eigenvalue weighted by Gasteiger charge is 2.18. The molecule has 17 rings (SSSR count). The van der Waals surface area contributed by atoms with Crippen LogP contribution in [0.25, 0.3) is 174 Å². The van der Waals surface area contributed by atoms with E-state index in [4.69, 9.17) is 19.9 Å². The lowest BCUT2D eigenvalue weighted by molar-refractivity contribution is 1.33.